The van der Waals surface area contributed by atoms with Crippen LogP contribution in [0.4, 0.5) is 5.13 Å². The van der Waals surface area contributed by atoms with Crippen molar-refractivity contribution in [3.8, 4) is 11.5 Å². The average molecular weight is 419 g/mol. The van der Waals surface area contributed by atoms with E-state index in [9.17, 15) is 13.2 Å². The molecule has 0 unspecified atom stereocenters. The van der Waals surface area contributed by atoms with Gasteiger partial charge in [-0.25, -0.2) is 17.7 Å². The van der Waals surface area contributed by atoms with Gasteiger partial charge < -0.3 is 9.47 Å². The summed E-state index contributed by atoms with van der Waals surface area (Å²) in [5.74, 6) is 0.802. The standard InChI is InChI=1S/C18H17N3O5S2/c1-21(2)28(23,24)12-4-5-13-16(10-12)27-18(19-13)20-17(22)11-3-6-14-15(9-11)26-8-7-25-14/h3-6,9-10H,7-8H2,1-2H3,(H,19,20,22). The van der Waals surface area contributed by atoms with Crippen molar-refractivity contribution in [2.45, 2.75) is 4.90 Å². The number of nitrogens with one attached hydrogen (secondary N) is 1. The third-order valence-corrected chi connectivity index (χ3v) is 6.91. The van der Waals surface area contributed by atoms with Gasteiger partial charge in [-0.05, 0) is 36.4 Å². The fraction of sp³-hybridized carbons (Fsp3) is 0.222. The number of sulfonamides is 1. The van der Waals surface area contributed by atoms with Crippen molar-refractivity contribution >= 4 is 42.6 Å². The molecular formula is C18H17N3O5S2. The van der Waals surface area contributed by atoms with Gasteiger partial charge in [-0.15, -0.1) is 0 Å². The van der Waals surface area contributed by atoms with Crippen LogP contribution in [-0.2, 0) is 10.0 Å². The normalized spacial score (nSPS) is 13.7. The molecule has 0 fully saturated rings. The maximum Gasteiger partial charge on any atom is 0.257 e. The summed E-state index contributed by atoms with van der Waals surface area (Å²) in [6, 6.07) is 9.66. The predicted octanol–water partition coefficient (Wildman–Crippen LogP) is 2.57. The second-order valence-corrected chi connectivity index (χ2v) is 9.43. The van der Waals surface area contributed by atoms with E-state index >= 15 is 0 Å². The first kappa shape index (κ1) is 18.7. The van der Waals surface area contributed by atoms with E-state index in [0.717, 1.165) is 4.31 Å². The van der Waals surface area contributed by atoms with E-state index in [-0.39, 0.29) is 10.8 Å². The number of aromatic nitrogens is 1. The van der Waals surface area contributed by atoms with Gasteiger partial charge in [0.25, 0.3) is 5.91 Å². The Bertz CT molecular complexity index is 1170. The lowest BCUT2D eigenvalue weighted by molar-refractivity contribution is 0.102. The molecule has 1 aliphatic rings. The fourth-order valence-corrected chi connectivity index (χ4v) is 4.59. The van der Waals surface area contributed by atoms with Crippen molar-refractivity contribution < 1.29 is 22.7 Å². The molecule has 4 rings (SSSR count). The summed E-state index contributed by atoms with van der Waals surface area (Å²) in [6.07, 6.45) is 0. The van der Waals surface area contributed by atoms with E-state index in [2.05, 4.69) is 10.3 Å². The summed E-state index contributed by atoms with van der Waals surface area (Å²) in [7, 11) is -0.580. The summed E-state index contributed by atoms with van der Waals surface area (Å²) >= 11 is 1.21. The molecule has 28 heavy (non-hydrogen) atoms. The highest BCUT2D eigenvalue weighted by Crippen LogP contribution is 2.32. The quantitative estimate of drug-likeness (QED) is 0.698. The third kappa shape index (κ3) is 3.41. The Labute approximate surface area is 165 Å². The van der Waals surface area contributed by atoms with Gasteiger partial charge in [-0.2, -0.15) is 0 Å². The number of carbonyl (C=O) groups is 1. The number of benzene rings is 2. The smallest absolute Gasteiger partial charge is 0.257 e. The lowest BCUT2D eigenvalue weighted by atomic mass is 10.2. The van der Waals surface area contributed by atoms with Crippen LogP contribution < -0.4 is 14.8 Å². The maximum atomic E-state index is 12.5. The zero-order chi connectivity index (χ0) is 19.9. The summed E-state index contributed by atoms with van der Waals surface area (Å²) < 4.78 is 37.3. The van der Waals surface area contributed by atoms with E-state index in [1.807, 2.05) is 0 Å². The molecule has 0 saturated carbocycles. The van der Waals surface area contributed by atoms with E-state index in [0.29, 0.717) is 45.6 Å². The molecule has 1 aromatic heterocycles. The molecule has 0 atom stereocenters. The molecule has 0 spiro atoms. The zero-order valence-electron chi connectivity index (χ0n) is 15.1. The highest BCUT2D eigenvalue weighted by molar-refractivity contribution is 7.89. The minimum absolute atomic E-state index is 0.179. The molecule has 2 heterocycles. The number of carbonyl (C=O) groups excluding carboxylic acids is 1. The summed E-state index contributed by atoms with van der Waals surface area (Å²) in [4.78, 5) is 17.1. The number of thiazole rings is 1. The largest absolute Gasteiger partial charge is 0.486 e. The van der Waals surface area contributed by atoms with E-state index in [1.54, 1.807) is 30.3 Å². The van der Waals surface area contributed by atoms with Crippen molar-refractivity contribution in [3.63, 3.8) is 0 Å². The van der Waals surface area contributed by atoms with E-state index < -0.39 is 10.0 Å². The molecule has 2 aromatic carbocycles. The number of hydrogen-bond acceptors (Lipinski definition) is 7. The molecule has 146 valence electrons. The van der Waals surface area contributed by atoms with Gasteiger partial charge in [0.05, 0.1) is 15.1 Å². The van der Waals surface area contributed by atoms with Gasteiger partial charge in [0, 0.05) is 19.7 Å². The van der Waals surface area contributed by atoms with Crippen molar-refractivity contribution in [2.75, 3.05) is 32.6 Å². The molecular weight excluding hydrogens is 402 g/mol. The first-order valence-corrected chi connectivity index (χ1v) is 10.6. The molecule has 1 amide bonds. The molecule has 1 N–H and O–H groups in total. The lowest BCUT2D eigenvalue weighted by Gasteiger charge is -2.18. The number of ether oxygens (including phenoxy) is 2. The number of fused-ring (bicyclic) bond motifs is 2. The summed E-state index contributed by atoms with van der Waals surface area (Å²) in [6.45, 7) is 0.921. The Morgan fingerprint density at radius 1 is 1.11 bits per heavy atom. The van der Waals surface area contributed by atoms with Gasteiger partial charge in [0.2, 0.25) is 10.0 Å². The Hall–Kier alpha value is -2.69. The van der Waals surface area contributed by atoms with Gasteiger partial charge in [0.1, 0.15) is 13.2 Å². The topological polar surface area (TPSA) is 97.8 Å². The number of hydrogen-bond donors (Lipinski definition) is 1. The summed E-state index contributed by atoms with van der Waals surface area (Å²) in [5, 5.41) is 3.13. The van der Waals surface area contributed by atoms with Crippen LogP contribution in [0.1, 0.15) is 10.4 Å². The maximum absolute atomic E-state index is 12.5. The van der Waals surface area contributed by atoms with Crippen LogP contribution in [0.3, 0.4) is 0 Å². The van der Waals surface area contributed by atoms with Gasteiger partial charge in [-0.1, -0.05) is 11.3 Å². The van der Waals surface area contributed by atoms with Crippen LogP contribution in [0.2, 0.25) is 0 Å². The minimum Gasteiger partial charge on any atom is -0.486 e. The van der Waals surface area contributed by atoms with Crippen molar-refractivity contribution in [3.05, 3.63) is 42.0 Å². The zero-order valence-corrected chi connectivity index (χ0v) is 16.8. The average Bonchev–Trinajstić information content (AvgIpc) is 3.08. The number of anilines is 1. The monoisotopic (exact) mass is 419 g/mol. The minimum atomic E-state index is -3.53. The van der Waals surface area contributed by atoms with Crippen LogP contribution in [0.25, 0.3) is 10.2 Å². The molecule has 0 bridgehead atoms. The Morgan fingerprint density at radius 2 is 1.86 bits per heavy atom. The van der Waals surface area contributed by atoms with Gasteiger partial charge in [0.15, 0.2) is 16.6 Å². The fourth-order valence-electron chi connectivity index (χ4n) is 2.68. The van der Waals surface area contributed by atoms with Crippen molar-refractivity contribution in [1.29, 1.82) is 0 Å². The van der Waals surface area contributed by atoms with E-state index in [4.69, 9.17) is 9.47 Å². The first-order chi connectivity index (χ1) is 13.3. The van der Waals surface area contributed by atoms with E-state index in [1.165, 1.54) is 31.5 Å². The Balaban J connectivity index is 1.59. The third-order valence-electron chi connectivity index (χ3n) is 4.16. The van der Waals surface area contributed by atoms with Crippen LogP contribution in [0.15, 0.2) is 41.3 Å². The summed E-state index contributed by atoms with van der Waals surface area (Å²) in [5.41, 5.74) is 1.03. The molecule has 0 aliphatic carbocycles. The number of rotatable bonds is 4. The second-order valence-electron chi connectivity index (χ2n) is 6.25. The molecule has 0 radical (unpaired) electrons. The van der Waals surface area contributed by atoms with Crippen LogP contribution in [-0.4, -0.2) is 50.9 Å². The van der Waals surface area contributed by atoms with Crippen LogP contribution >= 0.6 is 11.3 Å². The second kappa shape index (κ2) is 7.04. The molecule has 3 aromatic rings. The SMILES string of the molecule is CN(C)S(=O)(=O)c1ccc2nc(NC(=O)c3ccc4c(c3)OCCO4)sc2c1. The lowest BCUT2D eigenvalue weighted by Crippen LogP contribution is -2.22. The van der Waals surface area contributed by atoms with Crippen LogP contribution in [0.5, 0.6) is 11.5 Å². The van der Waals surface area contributed by atoms with Crippen LogP contribution in [0, 0.1) is 0 Å². The van der Waals surface area contributed by atoms with Crippen molar-refractivity contribution in [1.82, 2.24) is 9.29 Å². The highest BCUT2D eigenvalue weighted by atomic mass is 32.2. The molecule has 10 heteroatoms. The molecule has 8 nitrogen and oxygen atoms in total. The van der Waals surface area contributed by atoms with Gasteiger partial charge >= 0.3 is 0 Å². The molecule has 0 saturated heterocycles. The Morgan fingerprint density at radius 3 is 2.61 bits per heavy atom. The first-order valence-electron chi connectivity index (χ1n) is 8.39. The number of nitrogens with zero attached hydrogens (tertiary/aromatic N) is 2. The highest BCUT2D eigenvalue weighted by Gasteiger charge is 2.19. The predicted molar refractivity (Wildman–Crippen MR) is 106 cm³/mol. The van der Waals surface area contributed by atoms with Crippen molar-refractivity contribution in [2.24, 2.45) is 0 Å². The van der Waals surface area contributed by atoms with Gasteiger partial charge in [-0.3, -0.25) is 10.1 Å². The number of amides is 1. The molecule has 1 aliphatic heterocycles. The Kier molecular flexibility index (Phi) is 4.69.